The molecule has 5 heteroatoms. The normalized spacial score (nSPS) is 11.8. The van der Waals surface area contributed by atoms with Crippen LogP contribution in [-0.4, -0.2) is 20.6 Å². The number of hydrogen-bond donors (Lipinski definition) is 1. The van der Waals surface area contributed by atoms with Crippen LogP contribution in [0.5, 0.6) is 0 Å². The summed E-state index contributed by atoms with van der Waals surface area (Å²) in [5, 5.41) is 13.5. The van der Waals surface area contributed by atoms with Crippen molar-refractivity contribution in [2.24, 2.45) is 0 Å². The van der Waals surface area contributed by atoms with Crippen LogP contribution < -0.4 is 0 Å². The van der Waals surface area contributed by atoms with Crippen LogP contribution in [0.25, 0.3) is 11.4 Å². The minimum Gasteiger partial charge on any atom is -0.207 e. The van der Waals surface area contributed by atoms with E-state index in [4.69, 9.17) is 0 Å². The van der Waals surface area contributed by atoms with Crippen molar-refractivity contribution in [1.82, 2.24) is 20.6 Å². The Hall–Kier alpha value is -1.78. The summed E-state index contributed by atoms with van der Waals surface area (Å²) in [6, 6.07) is 5.07. The number of rotatable bonds is 3. The number of aromatic nitrogens is 4. The quantitative estimate of drug-likeness (QED) is 0.888. The van der Waals surface area contributed by atoms with Crippen molar-refractivity contribution in [2.45, 2.75) is 32.6 Å². The molecule has 1 heterocycles. The molecule has 0 saturated heterocycles. The number of aromatic amines is 1. The lowest BCUT2D eigenvalue weighted by molar-refractivity contribution is 0.469. The molecular formula is C12H15FN4. The number of halogens is 1. The number of benzene rings is 1. The highest BCUT2D eigenvalue weighted by Gasteiger charge is 2.22. The van der Waals surface area contributed by atoms with Gasteiger partial charge < -0.3 is 0 Å². The van der Waals surface area contributed by atoms with E-state index in [1.807, 2.05) is 26.8 Å². The number of H-pyrrole nitrogens is 1. The van der Waals surface area contributed by atoms with Crippen molar-refractivity contribution >= 4 is 0 Å². The first-order valence-corrected chi connectivity index (χ1v) is 5.58. The molecule has 0 fully saturated rings. The summed E-state index contributed by atoms with van der Waals surface area (Å²) < 4.78 is 14.0. The third-order valence-electron chi connectivity index (χ3n) is 3.19. The lowest BCUT2D eigenvalue weighted by atomic mass is 9.81. The standard InChI is InChI=1S/C12H15FN4/c1-4-12(2,3)9-6-5-8(7-10(9)13)11-14-16-17-15-11/h5-7H,4H2,1-3H3,(H,14,15,16,17). The number of nitrogens with zero attached hydrogens (tertiary/aromatic N) is 3. The number of nitrogens with one attached hydrogen (secondary N) is 1. The van der Waals surface area contributed by atoms with Crippen molar-refractivity contribution < 1.29 is 4.39 Å². The fraction of sp³-hybridized carbons (Fsp3) is 0.417. The summed E-state index contributed by atoms with van der Waals surface area (Å²) in [4.78, 5) is 0. The van der Waals surface area contributed by atoms with E-state index in [0.717, 1.165) is 6.42 Å². The van der Waals surface area contributed by atoms with Gasteiger partial charge in [0, 0.05) is 5.56 Å². The second kappa shape index (κ2) is 4.24. The highest BCUT2D eigenvalue weighted by atomic mass is 19.1. The highest BCUT2D eigenvalue weighted by molar-refractivity contribution is 5.55. The molecule has 0 radical (unpaired) electrons. The minimum atomic E-state index is -0.223. The van der Waals surface area contributed by atoms with Crippen LogP contribution in [0.4, 0.5) is 4.39 Å². The molecule has 4 nitrogen and oxygen atoms in total. The topological polar surface area (TPSA) is 54.5 Å². The molecule has 90 valence electrons. The molecular weight excluding hydrogens is 219 g/mol. The fourth-order valence-electron chi connectivity index (χ4n) is 1.68. The zero-order valence-electron chi connectivity index (χ0n) is 10.2. The van der Waals surface area contributed by atoms with Crippen LogP contribution in [0.15, 0.2) is 18.2 Å². The zero-order chi connectivity index (χ0) is 12.5. The number of tetrazole rings is 1. The third kappa shape index (κ3) is 2.18. The molecule has 0 aliphatic heterocycles. The maximum absolute atomic E-state index is 14.0. The van der Waals surface area contributed by atoms with Crippen LogP contribution in [-0.2, 0) is 5.41 Å². The highest BCUT2D eigenvalue weighted by Crippen LogP contribution is 2.30. The largest absolute Gasteiger partial charge is 0.207 e. The van der Waals surface area contributed by atoms with E-state index in [1.54, 1.807) is 6.07 Å². The van der Waals surface area contributed by atoms with Gasteiger partial charge in [0.25, 0.3) is 0 Å². The predicted molar refractivity (Wildman–Crippen MR) is 62.9 cm³/mol. The lowest BCUT2D eigenvalue weighted by Gasteiger charge is -2.23. The van der Waals surface area contributed by atoms with Gasteiger partial charge in [-0.2, -0.15) is 5.21 Å². The Morgan fingerprint density at radius 2 is 2.12 bits per heavy atom. The smallest absolute Gasteiger partial charge is 0.204 e. The average Bonchev–Trinajstić information content (AvgIpc) is 2.82. The Morgan fingerprint density at radius 1 is 1.35 bits per heavy atom. The lowest BCUT2D eigenvalue weighted by Crippen LogP contribution is -2.17. The van der Waals surface area contributed by atoms with Crippen molar-refractivity contribution in [3.63, 3.8) is 0 Å². The summed E-state index contributed by atoms with van der Waals surface area (Å²) in [6.45, 7) is 6.10. The van der Waals surface area contributed by atoms with E-state index in [0.29, 0.717) is 17.0 Å². The number of hydrogen-bond acceptors (Lipinski definition) is 3. The summed E-state index contributed by atoms with van der Waals surface area (Å²) in [5.74, 6) is 0.184. The van der Waals surface area contributed by atoms with E-state index in [2.05, 4.69) is 20.6 Å². The predicted octanol–water partition coefficient (Wildman–Crippen LogP) is 2.69. The van der Waals surface area contributed by atoms with Crippen LogP contribution in [0, 0.1) is 5.82 Å². The van der Waals surface area contributed by atoms with Gasteiger partial charge in [0.15, 0.2) is 0 Å². The fourth-order valence-corrected chi connectivity index (χ4v) is 1.68. The van der Waals surface area contributed by atoms with Crippen molar-refractivity contribution in [1.29, 1.82) is 0 Å². The van der Waals surface area contributed by atoms with E-state index in [-0.39, 0.29) is 11.2 Å². The van der Waals surface area contributed by atoms with Crippen LogP contribution in [0.2, 0.25) is 0 Å². The van der Waals surface area contributed by atoms with Gasteiger partial charge >= 0.3 is 0 Å². The monoisotopic (exact) mass is 234 g/mol. The molecule has 1 N–H and O–H groups in total. The van der Waals surface area contributed by atoms with Gasteiger partial charge in [0.05, 0.1) is 0 Å². The maximum Gasteiger partial charge on any atom is 0.204 e. The van der Waals surface area contributed by atoms with Crippen molar-refractivity contribution in [3.05, 3.63) is 29.6 Å². The van der Waals surface area contributed by atoms with Crippen molar-refractivity contribution in [3.8, 4) is 11.4 Å². The summed E-state index contributed by atoms with van der Waals surface area (Å²) in [7, 11) is 0. The van der Waals surface area contributed by atoms with Gasteiger partial charge in [-0.25, -0.2) is 4.39 Å². The SMILES string of the molecule is CCC(C)(C)c1ccc(-c2nn[nH]n2)cc1F. The molecule has 2 rings (SSSR count). The van der Waals surface area contributed by atoms with Gasteiger partial charge in [0.2, 0.25) is 5.82 Å². The Morgan fingerprint density at radius 3 is 2.65 bits per heavy atom. The van der Waals surface area contributed by atoms with Gasteiger partial charge in [-0.3, -0.25) is 0 Å². The molecule has 0 unspecified atom stereocenters. The minimum absolute atomic E-state index is 0.167. The molecule has 1 aromatic heterocycles. The second-order valence-electron chi connectivity index (χ2n) is 4.67. The Kier molecular flexibility index (Phi) is 2.92. The van der Waals surface area contributed by atoms with E-state index >= 15 is 0 Å². The van der Waals surface area contributed by atoms with E-state index in [9.17, 15) is 4.39 Å². The second-order valence-corrected chi connectivity index (χ2v) is 4.67. The summed E-state index contributed by atoms with van der Waals surface area (Å²) in [6.07, 6.45) is 0.880. The Labute approximate surface area is 99.3 Å². The Balaban J connectivity index is 2.42. The van der Waals surface area contributed by atoms with E-state index in [1.165, 1.54) is 6.07 Å². The average molecular weight is 234 g/mol. The van der Waals surface area contributed by atoms with Crippen molar-refractivity contribution in [2.75, 3.05) is 0 Å². The van der Waals surface area contributed by atoms with Gasteiger partial charge in [-0.05, 0) is 28.7 Å². The van der Waals surface area contributed by atoms with E-state index < -0.39 is 0 Å². The molecule has 2 aromatic rings. The maximum atomic E-state index is 14.0. The van der Waals surface area contributed by atoms with Crippen LogP contribution in [0.3, 0.4) is 0 Å². The van der Waals surface area contributed by atoms with Crippen LogP contribution >= 0.6 is 0 Å². The molecule has 0 spiro atoms. The van der Waals surface area contributed by atoms with Gasteiger partial charge in [-0.1, -0.05) is 32.9 Å². The zero-order valence-corrected chi connectivity index (χ0v) is 10.2. The first kappa shape index (κ1) is 11.7. The summed E-state index contributed by atoms with van der Waals surface area (Å²) in [5.41, 5.74) is 1.18. The molecule has 0 aliphatic carbocycles. The Bertz CT molecular complexity index is 505. The first-order valence-electron chi connectivity index (χ1n) is 5.58. The molecule has 0 bridgehead atoms. The van der Waals surface area contributed by atoms with Crippen LogP contribution in [0.1, 0.15) is 32.8 Å². The first-order chi connectivity index (χ1) is 8.04. The molecule has 0 amide bonds. The molecule has 0 aliphatic rings. The molecule has 17 heavy (non-hydrogen) atoms. The van der Waals surface area contributed by atoms with Gasteiger partial charge in [-0.15, -0.1) is 10.2 Å². The molecule has 1 aromatic carbocycles. The molecule has 0 saturated carbocycles. The molecule has 0 atom stereocenters. The third-order valence-corrected chi connectivity index (χ3v) is 3.19. The summed E-state index contributed by atoms with van der Waals surface area (Å²) >= 11 is 0. The van der Waals surface area contributed by atoms with Gasteiger partial charge in [0.1, 0.15) is 5.82 Å².